The number of benzene rings is 1. The van der Waals surface area contributed by atoms with Crippen LogP contribution in [-0.2, 0) is 9.59 Å². The summed E-state index contributed by atoms with van der Waals surface area (Å²) in [5.41, 5.74) is 0. The quantitative estimate of drug-likeness (QED) is 0.747. The topological polar surface area (TPSA) is 67.4 Å². The number of amides is 2. The molecule has 92 valence electrons. The molecule has 17 heavy (non-hydrogen) atoms. The Morgan fingerprint density at radius 2 is 1.88 bits per heavy atom. The van der Waals surface area contributed by atoms with Gasteiger partial charge in [0.05, 0.1) is 19.6 Å². The van der Waals surface area contributed by atoms with E-state index in [0.717, 1.165) is 5.75 Å². The second-order valence-corrected chi connectivity index (χ2v) is 3.36. The van der Waals surface area contributed by atoms with Gasteiger partial charge in [-0.3, -0.25) is 9.59 Å². The molecular formula is C12H16N2O3. The Labute approximate surface area is 100 Å². The van der Waals surface area contributed by atoms with Crippen LogP contribution in [0.3, 0.4) is 0 Å². The highest BCUT2D eigenvalue weighted by Crippen LogP contribution is 2.08. The lowest BCUT2D eigenvalue weighted by Crippen LogP contribution is -2.35. The summed E-state index contributed by atoms with van der Waals surface area (Å²) in [5, 5.41) is 4.91. The number of para-hydroxylation sites is 1. The van der Waals surface area contributed by atoms with Crippen LogP contribution in [0, 0.1) is 0 Å². The van der Waals surface area contributed by atoms with E-state index < -0.39 is 0 Å². The summed E-state index contributed by atoms with van der Waals surface area (Å²) in [7, 11) is 1.52. The van der Waals surface area contributed by atoms with Gasteiger partial charge in [-0.2, -0.15) is 0 Å². The molecule has 0 bridgehead atoms. The Morgan fingerprint density at radius 3 is 2.53 bits per heavy atom. The Bertz CT molecular complexity index is 365. The minimum absolute atomic E-state index is 0.000665. The number of hydrogen-bond acceptors (Lipinski definition) is 3. The van der Waals surface area contributed by atoms with E-state index in [4.69, 9.17) is 4.74 Å². The highest BCUT2D eigenvalue weighted by atomic mass is 16.5. The number of hydrogen-bond donors (Lipinski definition) is 2. The fourth-order valence-electron chi connectivity index (χ4n) is 1.13. The standard InChI is InChI=1S/C12H16N2O3/c1-13-12(16)9-14-11(15)7-8-17-10-5-3-2-4-6-10/h2-6H,7-9H2,1H3,(H,13,16)(H,14,15). The summed E-state index contributed by atoms with van der Waals surface area (Å²) in [4.78, 5) is 22.1. The van der Waals surface area contributed by atoms with Crippen molar-refractivity contribution in [1.82, 2.24) is 10.6 Å². The van der Waals surface area contributed by atoms with Crippen molar-refractivity contribution in [2.24, 2.45) is 0 Å². The summed E-state index contributed by atoms with van der Waals surface area (Å²) < 4.78 is 5.35. The normalized spacial score (nSPS) is 9.47. The van der Waals surface area contributed by atoms with Gasteiger partial charge in [-0.15, -0.1) is 0 Å². The Kier molecular flexibility index (Phi) is 5.57. The fraction of sp³-hybridized carbons (Fsp3) is 0.333. The smallest absolute Gasteiger partial charge is 0.239 e. The zero-order valence-corrected chi connectivity index (χ0v) is 9.73. The Balaban J connectivity index is 2.14. The minimum atomic E-state index is -0.220. The minimum Gasteiger partial charge on any atom is -0.493 e. The third-order valence-electron chi connectivity index (χ3n) is 2.07. The van der Waals surface area contributed by atoms with Crippen LogP contribution in [0.5, 0.6) is 5.75 Å². The van der Waals surface area contributed by atoms with Gasteiger partial charge in [-0.1, -0.05) is 18.2 Å². The van der Waals surface area contributed by atoms with Gasteiger partial charge in [0.25, 0.3) is 0 Å². The number of ether oxygens (including phenoxy) is 1. The van der Waals surface area contributed by atoms with Gasteiger partial charge >= 0.3 is 0 Å². The maximum absolute atomic E-state index is 11.3. The Hall–Kier alpha value is -2.04. The van der Waals surface area contributed by atoms with Gasteiger partial charge in [0, 0.05) is 7.05 Å². The molecule has 0 heterocycles. The predicted octanol–water partition coefficient (Wildman–Crippen LogP) is 0.318. The molecule has 0 spiro atoms. The van der Waals surface area contributed by atoms with Crippen molar-refractivity contribution in [3.63, 3.8) is 0 Å². The summed E-state index contributed by atoms with van der Waals surface area (Å²) in [6.45, 7) is 0.296. The molecule has 0 aliphatic heterocycles. The van der Waals surface area contributed by atoms with Crippen molar-refractivity contribution < 1.29 is 14.3 Å². The highest BCUT2D eigenvalue weighted by Gasteiger charge is 2.03. The van der Waals surface area contributed by atoms with Crippen LogP contribution in [0.15, 0.2) is 30.3 Å². The molecule has 5 heteroatoms. The maximum Gasteiger partial charge on any atom is 0.239 e. The van der Waals surface area contributed by atoms with E-state index in [1.54, 1.807) is 0 Å². The zero-order chi connectivity index (χ0) is 12.5. The molecular weight excluding hydrogens is 220 g/mol. The number of likely N-dealkylation sites (N-methyl/N-ethyl adjacent to an activating group) is 1. The largest absolute Gasteiger partial charge is 0.493 e. The van der Waals surface area contributed by atoms with Crippen molar-refractivity contribution >= 4 is 11.8 Å². The molecule has 2 amide bonds. The van der Waals surface area contributed by atoms with E-state index in [0.29, 0.717) is 6.61 Å². The summed E-state index contributed by atoms with van der Waals surface area (Å²) in [5.74, 6) is 0.304. The van der Waals surface area contributed by atoms with Crippen LogP contribution >= 0.6 is 0 Å². The molecule has 0 fully saturated rings. The van der Waals surface area contributed by atoms with Gasteiger partial charge < -0.3 is 15.4 Å². The lowest BCUT2D eigenvalue weighted by atomic mass is 10.3. The molecule has 1 rings (SSSR count). The number of rotatable bonds is 6. The molecule has 0 atom stereocenters. The third kappa shape index (κ3) is 5.55. The molecule has 5 nitrogen and oxygen atoms in total. The summed E-state index contributed by atoms with van der Waals surface area (Å²) in [6, 6.07) is 9.26. The van der Waals surface area contributed by atoms with Crippen LogP contribution in [0.25, 0.3) is 0 Å². The maximum atomic E-state index is 11.3. The van der Waals surface area contributed by atoms with E-state index in [9.17, 15) is 9.59 Å². The fourth-order valence-corrected chi connectivity index (χ4v) is 1.13. The van der Waals surface area contributed by atoms with Crippen molar-refractivity contribution in [3.05, 3.63) is 30.3 Å². The number of nitrogens with one attached hydrogen (secondary N) is 2. The highest BCUT2D eigenvalue weighted by molar-refractivity contribution is 5.84. The lowest BCUT2D eigenvalue weighted by molar-refractivity contribution is -0.126. The predicted molar refractivity (Wildman–Crippen MR) is 63.6 cm³/mol. The average molecular weight is 236 g/mol. The first kappa shape index (κ1) is 13.0. The molecule has 0 aliphatic rings. The van der Waals surface area contributed by atoms with Crippen LogP contribution in [-0.4, -0.2) is 32.0 Å². The van der Waals surface area contributed by atoms with Crippen LogP contribution < -0.4 is 15.4 Å². The molecule has 1 aromatic rings. The average Bonchev–Trinajstić information content (AvgIpc) is 2.37. The van der Waals surface area contributed by atoms with E-state index in [1.807, 2.05) is 30.3 Å². The van der Waals surface area contributed by atoms with Crippen molar-refractivity contribution in [2.45, 2.75) is 6.42 Å². The molecule has 0 saturated heterocycles. The molecule has 1 aromatic carbocycles. The van der Waals surface area contributed by atoms with Gasteiger partial charge in [-0.05, 0) is 12.1 Å². The van der Waals surface area contributed by atoms with E-state index in [2.05, 4.69) is 10.6 Å². The number of carbonyl (C=O) groups excluding carboxylic acids is 2. The van der Waals surface area contributed by atoms with E-state index in [1.165, 1.54) is 7.05 Å². The number of carbonyl (C=O) groups is 2. The molecule has 0 saturated carbocycles. The van der Waals surface area contributed by atoms with Gasteiger partial charge in [0.1, 0.15) is 5.75 Å². The third-order valence-corrected chi connectivity index (χ3v) is 2.07. The SMILES string of the molecule is CNC(=O)CNC(=O)CCOc1ccccc1. The molecule has 0 aromatic heterocycles. The van der Waals surface area contributed by atoms with Crippen LogP contribution in [0.1, 0.15) is 6.42 Å². The van der Waals surface area contributed by atoms with Crippen LogP contribution in [0.2, 0.25) is 0 Å². The van der Waals surface area contributed by atoms with Crippen molar-refractivity contribution in [2.75, 3.05) is 20.2 Å². The van der Waals surface area contributed by atoms with Gasteiger partial charge in [0.2, 0.25) is 11.8 Å². The molecule has 0 radical (unpaired) electrons. The molecule has 2 N–H and O–H groups in total. The Morgan fingerprint density at radius 1 is 1.18 bits per heavy atom. The lowest BCUT2D eigenvalue weighted by Gasteiger charge is -2.06. The molecule has 0 aliphatic carbocycles. The summed E-state index contributed by atoms with van der Waals surface area (Å²) >= 11 is 0. The first-order valence-corrected chi connectivity index (χ1v) is 5.37. The van der Waals surface area contributed by atoms with Gasteiger partial charge in [-0.25, -0.2) is 0 Å². The monoisotopic (exact) mass is 236 g/mol. The first-order valence-electron chi connectivity index (χ1n) is 5.37. The van der Waals surface area contributed by atoms with E-state index in [-0.39, 0.29) is 24.8 Å². The second-order valence-electron chi connectivity index (χ2n) is 3.36. The van der Waals surface area contributed by atoms with Crippen molar-refractivity contribution in [1.29, 1.82) is 0 Å². The second kappa shape index (κ2) is 7.27. The van der Waals surface area contributed by atoms with Gasteiger partial charge in [0.15, 0.2) is 0 Å². The zero-order valence-electron chi connectivity index (χ0n) is 9.73. The van der Waals surface area contributed by atoms with E-state index >= 15 is 0 Å². The van der Waals surface area contributed by atoms with Crippen LogP contribution in [0.4, 0.5) is 0 Å². The molecule has 0 unspecified atom stereocenters. The van der Waals surface area contributed by atoms with Crippen molar-refractivity contribution in [3.8, 4) is 5.75 Å². The first-order chi connectivity index (χ1) is 8.22. The summed E-state index contributed by atoms with van der Waals surface area (Å²) in [6.07, 6.45) is 0.228.